The Labute approximate surface area is 163 Å². The van der Waals surface area contributed by atoms with E-state index in [4.69, 9.17) is 5.73 Å². The molecule has 144 valence electrons. The smallest absolute Gasteiger partial charge is 0.184 e. The van der Waals surface area contributed by atoms with Gasteiger partial charge >= 0.3 is 0 Å². The first-order chi connectivity index (χ1) is 14.0. The molecular weight excluding hydrogens is 376 g/mol. The number of nitrogen functional groups attached to an aromatic ring is 1. The Bertz CT molecular complexity index is 1320. The lowest BCUT2D eigenvalue weighted by Gasteiger charge is -2.18. The standard InChI is InChI=1S/C20H15F2N7/c1-11(28-10-26-20-18(19(28)23)24-9-25-20)17-15-6-5-13(22)8-16(15)29(27-17)14-4-2-3-12(21)7-14/h2-11H,23H2,1H3. The fourth-order valence-electron chi connectivity index (χ4n) is 3.50. The molecular formula is C20H15F2N7. The molecule has 0 saturated carbocycles. The molecule has 2 aromatic carbocycles. The minimum Gasteiger partial charge on any atom is -0.383 e. The first-order valence-corrected chi connectivity index (χ1v) is 8.90. The summed E-state index contributed by atoms with van der Waals surface area (Å²) < 4.78 is 31.0. The molecule has 1 aromatic heterocycles. The Morgan fingerprint density at radius 2 is 1.83 bits per heavy atom. The normalized spacial score (nSPS) is 12.7. The van der Waals surface area contributed by atoms with Gasteiger partial charge in [-0.05, 0) is 37.3 Å². The van der Waals surface area contributed by atoms with E-state index in [1.165, 1.54) is 35.3 Å². The van der Waals surface area contributed by atoms with Crippen LogP contribution in [0, 0.1) is 11.6 Å². The van der Waals surface area contributed by atoms with Gasteiger partial charge < -0.3 is 10.3 Å². The van der Waals surface area contributed by atoms with Crippen molar-refractivity contribution >= 4 is 16.7 Å². The van der Waals surface area contributed by atoms with E-state index in [0.29, 0.717) is 34.2 Å². The maximum Gasteiger partial charge on any atom is 0.184 e. The van der Waals surface area contributed by atoms with Gasteiger partial charge in [-0.15, -0.1) is 0 Å². The van der Waals surface area contributed by atoms with Gasteiger partial charge in [-0.2, -0.15) is 5.10 Å². The van der Waals surface area contributed by atoms with Crippen molar-refractivity contribution in [2.45, 2.75) is 13.0 Å². The second-order valence-corrected chi connectivity index (χ2v) is 6.70. The van der Waals surface area contributed by atoms with Crippen molar-refractivity contribution in [2.75, 3.05) is 5.73 Å². The minimum absolute atomic E-state index is 0.341. The molecule has 3 heterocycles. The number of imidazole rings is 1. The van der Waals surface area contributed by atoms with E-state index >= 15 is 0 Å². The Morgan fingerprint density at radius 1 is 1.00 bits per heavy atom. The molecule has 1 atom stereocenters. The summed E-state index contributed by atoms with van der Waals surface area (Å²) in [4.78, 5) is 12.5. The summed E-state index contributed by atoms with van der Waals surface area (Å²) in [6.07, 6.45) is 2.98. The van der Waals surface area contributed by atoms with Crippen LogP contribution in [0.15, 0.2) is 55.1 Å². The molecule has 2 aliphatic rings. The number of anilines is 1. The fourth-order valence-corrected chi connectivity index (χ4v) is 3.50. The van der Waals surface area contributed by atoms with Gasteiger partial charge in [0, 0.05) is 11.5 Å². The summed E-state index contributed by atoms with van der Waals surface area (Å²) in [6.45, 7) is 1.90. The van der Waals surface area contributed by atoms with Gasteiger partial charge in [-0.3, -0.25) is 0 Å². The van der Waals surface area contributed by atoms with Crippen LogP contribution in [0.3, 0.4) is 0 Å². The lowest BCUT2D eigenvalue weighted by molar-refractivity contribution is 0.606. The van der Waals surface area contributed by atoms with E-state index in [1.807, 2.05) is 6.92 Å². The van der Waals surface area contributed by atoms with Gasteiger partial charge in [0.05, 0.1) is 29.3 Å². The van der Waals surface area contributed by atoms with Crippen LogP contribution in [-0.4, -0.2) is 29.3 Å². The molecule has 29 heavy (non-hydrogen) atoms. The molecule has 3 aromatic rings. The van der Waals surface area contributed by atoms with Crippen molar-refractivity contribution in [3.8, 4) is 17.2 Å². The molecule has 2 N–H and O–H groups in total. The maximum absolute atomic E-state index is 14.0. The lowest BCUT2D eigenvalue weighted by Crippen LogP contribution is -2.15. The van der Waals surface area contributed by atoms with Crippen LogP contribution in [0.1, 0.15) is 18.7 Å². The number of hydrogen-bond acceptors (Lipinski definition) is 5. The zero-order chi connectivity index (χ0) is 20.1. The van der Waals surface area contributed by atoms with E-state index < -0.39 is 11.6 Å². The summed E-state index contributed by atoms with van der Waals surface area (Å²) in [6, 6.07) is 10.0. The zero-order valence-corrected chi connectivity index (χ0v) is 15.3. The molecule has 1 unspecified atom stereocenters. The molecule has 2 aliphatic heterocycles. The molecule has 0 spiro atoms. The molecule has 0 aliphatic carbocycles. The van der Waals surface area contributed by atoms with Crippen LogP contribution in [0.2, 0.25) is 0 Å². The third-order valence-electron chi connectivity index (χ3n) is 4.94. The van der Waals surface area contributed by atoms with Crippen molar-refractivity contribution in [2.24, 2.45) is 0 Å². The van der Waals surface area contributed by atoms with E-state index in [-0.39, 0.29) is 6.04 Å². The Morgan fingerprint density at radius 3 is 2.66 bits per heavy atom. The number of aromatic nitrogens is 6. The summed E-state index contributed by atoms with van der Waals surface area (Å²) in [5.41, 5.74) is 8.44. The predicted octanol–water partition coefficient (Wildman–Crippen LogP) is 3.59. The van der Waals surface area contributed by atoms with Crippen LogP contribution >= 0.6 is 0 Å². The maximum atomic E-state index is 14.0. The zero-order valence-electron chi connectivity index (χ0n) is 15.3. The molecule has 9 heteroatoms. The van der Waals surface area contributed by atoms with Gasteiger partial charge in [-0.25, -0.2) is 28.4 Å². The third kappa shape index (κ3) is 2.70. The molecule has 5 rings (SSSR count). The highest BCUT2D eigenvalue weighted by Crippen LogP contribution is 2.32. The van der Waals surface area contributed by atoms with E-state index in [1.54, 1.807) is 29.1 Å². The Kier molecular flexibility index (Phi) is 3.76. The number of rotatable bonds is 3. The summed E-state index contributed by atoms with van der Waals surface area (Å²) >= 11 is 0. The second kappa shape index (κ2) is 6.33. The Hall–Kier alpha value is -3.88. The SMILES string of the molecule is CC(c1nn(-c2cccc(F)c2)c2cc(F)ccc12)n1cnc2ncnc-2c1N. The highest BCUT2D eigenvalue weighted by molar-refractivity contribution is 5.84. The van der Waals surface area contributed by atoms with Gasteiger partial charge in [0.25, 0.3) is 0 Å². The number of nitrogens with two attached hydrogens (primary N) is 1. The summed E-state index contributed by atoms with van der Waals surface area (Å²) in [5, 5.41) is 5.40. The molecule has 0 amide bonds. The van der Waals surface area contributed by atoms with Crippen LogP contribution in [0.4, 0.5) is 14.6 Å². The number of nitrogens with zero attached hydrogens (tertiary/aromatic N) is 6. The lowest BCUT2D eigenvalue weighted by atomic mass is 10.1. The van der Waals surface area contributed by atoms with Crippen molar-refractivity contribution in [1.29, 1.82) is 0 Å². The number of hydrogen-bond donors (Lipinski definition) is 1. The highest BCUT2D eigenvalue weighted by atomic mass is 19.1. The molecule has 0 bridgehead atoms. The molecule has 7 nitrogen and oxygen atoms in total. The van der Waals surface area contributed by atoms with Gasteiger partial charge in [-0.1, -0.05) is 6.07 Å². The molecule has 0 fully saturated rings. The van der Waals surface area contributed by atoms with Crippen LogP contribution in [0.25, 0.3) is 28.1 Å². The first kappa shape index (κ1) is 17.2. The largest absolute Gasteiger partial charge is 0.383 e. The summed E-state index contributed by atoms with van der Waals surface area (Å²) in [7, 11) is 0. The Balaban J connectivity index is 1.73. The van der Waals surface area contributed by atoms with Crippen LogP contribution in [-0.2, 0) is 0 Å². The topological polar surface area (TPSA) is 87.4 Å². The summed E-state index contributed by atoms with van der Waals surface area (Å²) in [5.74, 6) is 0.0514. The number of benzene rings is 2. The average molecular weight is 391 g/mol. The second-order valence-electron chi connectivity index (χ2n) is 6.70. The fraction of sp³-hybridized carbons (Fsp3) is 0.100. The van der Waals surface area contributed by atoms with Crippen molar-refractivity contribution in [3.63, 3.8) is 0 Å². The quantitative estimate of drug-likeness (QED) is 0.508. The van der Waals surface area contributed by atoms with Gasteiger partial charge in [0.15, 0.2) is 5.82 Å². The number of halogens is 2. The predicted molar refractivity (Wildman–Crippen MR) is 104 cm³/mol. The van der Waals surface area contributed by atoms with Gasteiger partial charge in [0.2, 0.25) is 0 Å². The van der Waals surface area contributed by atoms with Crippen LogP contribution < -0.4 is 5.73 Å². The first-order valence-electron chi connectivity index (χ1n) is 8.90. The van der Waals surface area contributed by atoms with Gasteiger partial charge in [0.1, 0.15) is 29.5 Å². The van der Waals surface area contributed by atoms with Crippen molar-refractivity contribution in [1.82, 2.24) is 29.3 Å². The minimum atomic E-state index is -0.406. The highest BCUT2D eigenvalue weighted by Gasteiger charge is 2.23. The monoisotopic (exact) mass is 391 g/mol. The average Bonchev–Trinajstić information content (AvgIpc) is 3.33. The third-order valence-corrected chi connectivity index (χ3v) is 4.94. The van der Waals surface area contributed by atoms with Crippen molar-refractivity contribution in [3.05, 3.63) is 72.4 Å². The van der Waals surface area contributed by atoms with E-state index in [2.05, 4.69) is 20.1 Å². The molecule has 0 saturated heterocycles. The van der Waals surface area contributed by atoms with E-state index in [0.717, 1.165) is 5.39 Å². The number of fused-ring (bicyclic) bond motifs is 2. The van der Waals surface area contributed by atoms with Crippen LogP contribution in [0.5, 0.6) is 0 Å². The van der Waals surface area contributed by atoms with Crippen molar-refractivity contribution < 1.29 is 8.78 Å². The molecule has 0 radical (unpaired) electrons. The van der Waals surface area contributed by atoms with E-state index in [9.17, 15) is 8.78 Å².